The number of anilines is 1. The Balaban J connectivity index is 1.68. The second-order valence-electron chi connectivity index (χ2n) is 7.51. The second kappa shape index (κ2) is 7.98. The fourth-order valence-corrected chi connectivity index (χ4v) is 4.08. The molecule has 4 aromatic rings. The standard InChI is InChI=1S/C23H22N4O3S/c1-14-6-3-4-7-16(14)12-22(28)25-20-13-19-21(10-15(20)2)26-27-23(19)17-8-5-9-18(11-17)31(24,29)30/h3-11,13H,12H2,1-2H3,(H,25,28)(H,26,27)(H2,24,29,30). The summed E-state index contributed by atoms with van der Waals surface area (Å²) in [5, 5.41) is 16.3. The molecule has 0 spiro atoms. The smallest absolute Gasteiger partial charge is 0.238 e. The Kier molecular flexibility index (Phi) is 5.34. The van der Waals surface area contributed by atoms with Gasteiger partial charge in [0.25, 0.3) is 0 Å². The molecule has 1 heterocycles. The van der Waals surface area contributed by atoms with Gasteiger partial charge in [0.1, 0.15) is 5.69 Å². The molecule has 0 unspecified atom stereocenters. The van der Waals surface area contributed by atoms with Crippen LogP contribution in [0.4, 0.5) is 5.69 Å². The number of aryl methyl sites for hydroxylation is 2. The summed E-state index contributed by atoms with van der Waals surface area (Å²) >= 11 is 0. The van der Waals surface area contributed by atoms with Gasteiger partial charge in [0.05, 0.1) is 16.8 Å². The molecule has 0 saturated carbocycles. The number of hydrogen-bond acceptors (Lipinski definition) is 4. The Morgan fingerprint density at radius 3 is 2.55 bits per heavy atom. The fourth-order valence-electron chi connectivity index (χ4n) is 3.52. The summed E-state index contributed by atoms with van der Waals surface area (Å²) < 4.78 is 23.4. The first-order valence-corrected chi connectivity index (χ1v) is 11.2. The van der Waals surface area contributed by atoms with Crippen LogP contribution in [0.25, 0.3) is 22.2 Å². The van der Waals surface area contributed by atoms with Gasteiger partial charge in [-0.15, -0.1) is 0 Å². The van der Waals surface area contributed by atoms with Gasteiger partial charge in [0.15, 0.2) is 0 Å². The van der Waals surface area contributed by atoms with E-state index >= 15 is 0 Å². The van der Waals surface area contributed by atoms with Gasteiger partial charge in [-0.25, -0.2) is 13.6 Å². The van der Waals surface area contributed by atoms with Crippen molar-refractivity contribution in [3.63, 3.8) is 0 Å². The molecule has 1 aromatic heterocycles. The zero-order valence-electron chi connectivity index (χ0n) is 17.1. The Morgan fingerprint density at radius 1 is 1.03 bits per heavy atom. The lowest BCUT2D eigenvalue weighted by molar-refractivity contribution is -0.115. The van der Waals surface area contributed by atoms with Gasteiger partial charge in [0.2, 0.25) is 15.9 Å². The number of rotatable bonds is 5. The van der Waals surface area contributed by atoms with Crippen molar-refractivity contribution < 1.29 is 13.2 Å². The molecule has 158 valence electrons. The molecule has 3 aromatic carbocycles. The molecule has 7 nitrogen and oxygen atoms in total. The van der Waals surface area contributed by atoms with Crippen LogP contribution < -0.4 is 10.5 Å². The maximum Gasteiger partial charge on any atom is 0.238 e. The van der Waals surface area contributed by atoms with Crippen molar-refractivity contribution in [3.8, 4) is 11.3 Å². The molecule has 8 heteroatoms. The minimum Gasteiger partial charge on any atom is -0.326 e. The van der Waals surface area contributed by atoms with Crippen molar-refractivity contribution in [3.05, 3.63) is 77.4 Å². The van der Waals surface area contributed by atoms with Crippen LogP contribution in [0.3, 0.4) is 0 Å². The zero-order valence-corrected chi connectivity index (χ0v) is 18.0. The minimum atomic E-state index is -3.83. The number of nitrogens with one attached hydrogen (secondary N) is 2. The minimum absolute atomic E-state index is 0.0139. The van der Waals surface area contributed by atoms with Gasteiger partial charge in [-0.1, -0.05) is 36.4 Å². The predicted octanol–water partition coefficient (Wildman–Crippen LogP) is 3.68. The van der Waals surface area contributed by atoms with Crippen LogP contribution in [-0.2, 0) is 21.2 Å². The molecule has 0 aliphatic carbocycles. The second-order valence-corrected chi connectivity index (χ2v) is 9.07. The number of nitrogens with zero attached hydrogens (tertiary/aromatic N) is 1. The molecule has 0 saturated heterocycles. The first-order valence-electron chi connectivity index (χ1n) is 9.69. The molecule has 31 heavy (non-hydrogen) atoms. The summed E-state index contributed by atoms with van der Waals surface area (Å²) in [5.41, 5.74) is 5.58. The van der Waals surface area contributed by atoms with E-state index in [4.69, 9.17) is 5.14 Å². The van der Waals surface area contributed by atoms with Gasteiger partial charge in [0, 0.05) is 16.6 Å². The summed E-state index contributed by atoms with van der Waals surface area (Å²) in [4.78, 5) is 12.7. The van der Waals surface area contributed by atoms with Crippen molar-refractivity contribution in [2.24, 2.45) is 5.14 Å². The third kappa shape index (κ3) is 4.35. The van der Waals surface area contributed by atoms with Gasteiger partial charge in [-0.3, -0.25) is 9.89 Å². The molecule has 0 fully saturated rings. The van der Waals surface area contributed by atoms with Gasteiger partial charge < -0.3 is 5.32 Å². The van der Waals surface area contributed by atoms with Crippen LogP contribution >= 0.6 is 0 Å². The van der Waals surface area contributed by atoms with Crippen LogP contribution in [-0.4, -0.2) is 24.5 Å². The van der Waals surface area contributed by atoms with E-state index in [1.807, 2.05) is 50.2 Å². The van der Waals surface area contributed by atoms with E-state index in [0.717, 1.165) is 27.6 Å². The number of primary sulfonamides is 1. The topological polar surface area (TPSA) is 118 Å². The van der Waals surface area contributed by atoms with E-state index < -0.39 is 10.0 Å². The highest BCUT2D eigenvalue weighted by Gasteiger charge is 2.15. The number of nitrogens with two attached hydrogens (primary N) is 1. The number of hydrogen-bond donors (Lipinski definition) is 3. The van der Waals surface area contributed by atoms with Crippen molar-refractivity contribution in [1.29, 1.82) is 0 Å². The van der Waals surface area contributed by atoms with Gasteiger partial charge in [-0.2, -0.15) is 5.10 Å². The fraction of sp³-hybridized carbons (Fsp3) is 0.130. The number of H-pyrrole nitrogens is 1. The summed E-state index contributed by atoms with van der Waals surface area (Å²) in [6.45, 7) is 3.89. The zero-order chi connectivity index (χ0) is 22.2. The van der Waals surface area contributed by atoms with Gasteiger partial charge >= 0.3 is 0 Å². The third-order valence-corrected chi connectivity index (χ3v) is 6.14. The molecule has 4 N–H and O–H groups in total. The number of aromatic amines is 1. The molecular formula is C23H22N4O3S. The van der Waals surface area contributed by atoms with E-state index in [1.54, 1.807) is 12.1 Å². The largest absolute Gasteiger partial charge is 0.326 e. The molecule has 0 radical (unpaired) electrons. The quantitative estimate of drug-likeness (QED) is 0.444. The predicted molar refractivity (Wildman–Crippen MR) is 121 cm³/mol. The van der Waals surface area contributed by atoms with E-state index in [-0.39, 0.29) is 17.2 Å². The number of benzene rings is 3. The SMILES string of the molecule is Cc1ccccc1CC(=O)Nc1cc2c(-c3cccc(S(N)(=O)=O)c3)n[nH]c2cc1C. The third-order valence-electron chi connectivity index (χ3n) is 5.23. The van der Waals surface area contributed by atoms with Crippen LogP contribution in [0, 0.1) is 13.8 Å². The molecule has 0 atom stereocenters. The Labute approximate surface area is 180 Å². The highest BCUT2D eigenvalue weighted by Crippen LogP contribution is 2.31. The van der Waals surface area contributed by atoms with Crippen molar-refractivity contribution in [2.75, 3.05) is 5.32 Å². The average Bonchev–Trinajstić information content (AvgIpc) is 3.12. The van der Waals surface area contributed by atoms with Gasteiger partial charge in [-0.05, 0) is 54.8 Å². The number of aromatic nitrogens is 2. The molecular weight excluding hydrogens is 412 g/mol. The van der Waals surface area contributed by atoms with Crippen LogP contribution in [0.15, 0.2) is 65.6 Å². The van der Waals surface area contributed by atoms with E-state index in [9.17, 15) is 13.2 Å². The first-order chi connectivity index (χ1) is 14.7. The summed E-state index contributed by atoms with van der Waals surface area (Å²) in [7, 11) is -3.83. The van der Waals surface area contributed by atoms with Crippen LogP contribution in [0.1, 0.15) is 16.7 Å². The molecule has 4 rings (SSSR count). The summed E-state index contributed by atoms with van der Waals surface area (Å²) in [5.74, 6) is -0.113. The molecule has 0 bridgehead atoms. The molecule has 0 aliphatic rings. The normalized spacial score (nSPS) is 11.6. The van der Waals surface area contributed by atoms with Crippen LogP contribution in [0.2, 0.25) is 0 Å². The van der Waals surface area contributed by atoms with Crippen molar-refractivity contribution >= 4 is 32.5 Å². The number of carbonyl (C=O) groups is 1. The van der Waals surface area contributed by atoms with E-state index in [1.165, 1.54) is 12.1 Å². The Bertz CT molecular complexity index is 1410. The number of carbonyl (C=O) groups excluding carboxylic acids is 1. The Morgan fingerprint density at radius 2 is 1.81 bits per heavy atom. The lowest BCUT2D eigenvalue weighted by Crippen LogP contribution is -2.15. The highest BCUT2D eigenvalue weighted by atomic mass is 32.2. The number of amides is 1. The van der Waals surface area contributed by atoms with E-state index in [2.05, 4.69) is 15.5 Å². The van der Waals surface area contributed by atoms with Crippen molar-refractivity contribution in [1.82, 2.24) is 10.2 Å². The lowest BCUT2D eigenvalue weighted by atomic mass is 10.0. The number of fused-ring (bicyclic) bond motifs is 1. The monoisotopic (exact) mass is 434 g/mol. The Hall–Kier alpha value is -3.49. The first kappa shape index (κ1) is 20.8. The van der Waals surface area contributed by atoms with Crippen molar-refractivity contribution in [2.45, 2.75) is 25.2 Å². The molecule has 1 amide bonds. The lowest BCUT2D eigenvalue weighted by Gasteiger charge is -2.10. The van der Waals surface area contributed by atoms with E-state index in [0.29, 0.717) is 16.9 Å². The maximum atomic E-state index is 12.7. The van der Waals surface area contributed by atoms with Crippen LogP contribution in [0.5, 0.6) is 0 Å². The number of sulfonamides is 1. The highest BCUT2D eigenvalue weighted by molar-refractivity contribution is 7.89. The summed E-state index contributed by atoms with van der Waals surface area (Å²) in [6, 6.07) is 17.8. The average molecular weight is 435 g/mol. The molecule has 0 aliphatic heterocycles. The summed E-state index contributed by atoms with van der Waals surface area (Å²) in [6.07, 6.45) is 0.277. The maximum absolute atomic E-state index is 12.7.